The van der Waals surface area contributed by atoms with Gasteiger partial charge >= 0.3 is 6.01 Å². The number of nitrogens with zero attached hydrogens (tertiary/aromatic N) is 2. The van der Waals surface area contributed by atoms with Gasteiger partial charge in [-0.1, -0.05) is 5.10 Å². The average Bonchev–Trinajstić information content (AvgIpc) is 2.95. The number of benzene rings is 1. The Kier molecular flexibility index (Phi) is 2.36. The van der Waals surface area contributed by atoms with Crippen LogP contribution in [0.4, 0.5) is 6.01 Å². The van der Waals surface area contributed by atoms with Gasteiger partial charge in [-0.05, 0) is 18.2 Å². The number of amides is 1. The van der Waals surface area contributed by atoms with Crippen molar-refractivity contribution in [3.8, 4) is 23.0 Å². The average molecular weight is 247 g/mol. The van der Waals surface area contributed by atoms with E-state index in [1.807, 2.05) is 0 Å². The Balaban J connectivity index is 1.90. The van der Waals surface area contributed by atoms with Crippen molar-refractivity contribution in [2.45, 2.75) is 6.92 Å². The normalized spacial score (nSPS) is 12.5. The van der Waals surface area contributed by atoms with Crippen LogP contribution in [0.5, 0.6) is 11.5 Å². The van der Waals surface area contributed by atoms with Crippen molar-refractivity contribution in [1.29, 1.82) is 0 Å². The minimum absolute atomic E-state index is 0.0650. The summed E-state index contributed by atoms with van der Waals surface area (Å²) in [5, 5.41) is 9.95. The summed E-state index contributed by atoms with van der Waals surface area (Å²) in [4.78, 5) is 10.8. The Morgan fingerprint density at radius 3 is 2.94 bits per heavy atom. The Morgan fingerprint density at radius 2 is 2.11 bits per heavy atom. The Bertz CT molecular complexity index is 608. The highest BCUT2D eigenvalue weighted by molar-refractivity contribution is 5.86. The molecule has 18 heavy (non-hydrogen) atoms. The summed E-state index contributed by atoms with van der Waals surface area (Å²) >= 11 is 0. The fraction of sp³-hybridized carbons (Fsp3) is 0.182. The van der Waals surface area contributed by atoms with Crippen LogP contribution in [0.1, 0.15) is 6.92 Å². The van der Waals surface area contributed by atoms with Crippen LogP contribution in [0.3, 0.4) is 0 Å². The van der Waals surface area contributed by atoms with Gasteiger partial charge in [0.2, 0.25) is 18.6 Å². The summed E-state index contributed by atoms with van der Waals surface area (Å²) < 4.78 is 15.7. The van der Waals surface area contributed by atoms with E-state index in [9.17, 15) is 4.79 Å². The smallest absolute Gasteiger partial charge is 0.322 e. The lowest BCUT2D eigenvalue weighted by atomic mass is 10.2. The standard InChI is InChI=1S/C11H9N3O4/c1-6(15)12-11-14-13-10(18-11)7-2-3-8-9(4-7)17-5-16-8/h2-4H,5H2,1H3,(H,12,14,15). The van der Waals surface area contributed by atoms with Gasteiger partial charge in [-0.25, -0.2) is 0 Å². The molecule has 3 rings (SSSR count). The number of hydrogen-bond donors (Lipinski definition) is 1. The maximum atomic E-state index is 10.8. The second-order valence-corrected chi connectivity index (χ2v) is 3.66. The van der Waals surface area contributed by atoms with Crippen molar-refractivity contribution in [2.24, 2.45) is 0 Å². The molecule has 0 fully saturated rings. The molecule has 0 atom stereocenters. The molecule has 2 aromatic rings. The van der Waals surface area contributed by atoms with E-state index in [2.05, 4.69) is 15.5 Å². The molecule has 2 heterocycles. The molecule has 1 aliphatic rings. The first-order valence-electron chi connectivity index (χ1n) is 5.23. The van der Waals surface area contributed by atoms with E-state index in [1.54, 1.807) is 18.2 Å². The lowest BCUT2D eigenvalue weighted by Crippen LogP contribution is -2.05. The number of carbonyl (C=O) groups is 1. The molecule has 1 aromatic carbocycles. The molecule has 0 unspecified atom stereocenters. The van der Waals surface area contributed by atoms with Gasteiger partial charge in [0.05, 0.1) is 0 Å². The predicted molar refractivity (Wildman–Crippen MR) is 60.2 cm³/mol. The first kappa shape index (κ1) is 10.6. The molecule has 0 bridgehead atoms. The lowest BCUT2D eigenvalue weighted by molar-refractivity contribution is -0.114. The number of anilines is 1. The van der Waals surface area contributed by atoms with Gasteiger partial charge in [0, 0.05) is 12.5 Å². The molecule has 7 heteroatoms. The van der Waals surface area contributed by atoms with Crippen LogP contribution in [-0.2, 0) is 4.79 Å². The molecule has 92 valence electrons. The summed E-state index contributed by atoms with van der Waals surface area (Å²) in [7, 11) is 0. The maximum Gasteiger partial charge on any atom is 0.322 e. The van der Waals surface area contributed by atoms with E-state index >= 15 is 0 Å². The monoisotopic (exact) mass is 247 g/mol. The molecule has 0 radical (unpaired) electrons. The number of fused-ring (bicyclic) bond motifs is 1. The second kappa shape index (κ2) is 4.02. The SMILES string of the molecule is CC(=O)Nc1nnc(-c2ccc3c(c2)OCO3)o1. The van der Waals surface area contributed by atoms with Gasteiger partial charge in [-0.15, -0.1) is 5.10 Å². The zero-order valence-corrected chi connectivity index (χ0v) is 9.47. The van der Waals surface area contributed by atoms with Crippen molar-refractivity contribution in [1.82, 2.24) is 10.2 Å². The third-order valence-corrected chi connectivity index (χ3v) is 2.33. The third kappa shape index (κ3) is 1.86. The number of rotatable bonds is 2. The highest BCUT2D eigenvalue weighted by Crippen LogP contribution is 2.35. The summed E-state index contributed by atoms with van der Waals surface area (Å²) in [5.74, 6) is 1.35. The zero-order valence-electron chi connectivity index (χ0n) is 9.47. The van der Waals surface area contributed by atoms with E-state index in [1.165, 1.54) is 6.92 Å². The van der Waals surface area contributed by atoms with Gasteiger partial charge in [-0.3, -0.25) is 10.1 Å². The van der Waals surface area contributed by atoms with Crippen LogP contribution < -0.4 is 14.8 Å². The lowest BCUT2D eigenvalue weighted by Gasteiger charge is -1.98. The summed E-state index contributed by atoms with van der Waals surface area (Å²) in [5.41, 5.74) is 0.698. The van der Waals surface area contributed by atoms with Crippen molar-refractivity contribution < 1.29 is 18.7 Å². The topological polar surface area (TPSA) is 86.5 Å². The van der Waals surface area contributed by atoms with Crippen LogP contribution in [0.2, 0.25) is 0 Å². The molecule has 1 amide bonds. The van der Waals surface area contributed by atoms with E-state index in [4.69, 9.17) is 13.9 Å². The highest BCUT2D eigenvalue weighted by Gasteiger charge is 2.16. The zero-order chi connectivity index (χ0) is 12.5. The van der Waals surface area contributed by atoms with Crippen molar-refractivity contribution in [3.05, 3.63) is 18.2 Å². The minimum Gasteiger partial charge on any atom is -0.454 e. The third-order valence-electron chi connectivity index (χ3n) is 2.33. The Labute approximate surface area is 102 Å². The first-order valence-corrected chi connectivity index (χ1v) is 5.23. The van der Waals surface area contributed by atoms with Gasteiger partial charge in [0.15, 0.2) is 11.5 Å². The van der Waals surface area contributed by atoms with Crippen LogP contribution in [0.15, 0.2) is 22.6 Å². The molecule has 1 N–H and O–H groups in total. The highest BCUT2D eigenvalue weighted by atomic mass is 16.7. The molecule has 7 nitrogen and oxygen atoms in total. The van der Waals surface area contributed by atoms with Gasteiger partial charge in [-0.2, -0.15) is 0 Å². The van der Waals surface area contributed by atoms with Crippen LogP contribution >= 0.6 is 0 Å². The second-order valence-electron chi connectivity index (χ2n) is 3.66. The molecular weight excluding hydrogens is 238 g/mol. The van der Waals surface area contributed by atoms with E-state index in [0.29, 0.717) is 23.0 Å². The van der Waals surface area contributed by atoms with E-state index in [0.717, 1.165) is 0 Å². The molecule has 1 aliphatic heterocycles. The molecule has 0 saturated carbocycles. The van der Waals surface area contributed by atoms with Crippen molar-refractivity contribution in [3.63, 3.8) is 0 Å². The molecular formula is C11H9N3O4. The maximum absolute atomic E-state index is 10.8. The summed E-state index contributed by atoms with van der Waals surface area (Å²) in [6, 6.07) is 5.35. The fourth-order valence-electron chi connectivity index (χ4n) is 1.57. The quantitative estimate of drug-likeness (QED) is 0.863. The molecule has 0 spiro atoms. The minimum atomic E-state index is -0.268. The van der Waals surface area contributed by atoms with Gasteiger partial charge in [0.1, 0.15) is 0 Å². The van der Waals surface area contributed by atoms with Crippen LogP contribution in [0.25, 0.3) is 11.5 Å². The largest absolute Gasteiger partial charge is 0.454 e. The Morgan fingerprint density at radius 1 is 1.28 bits per heavy atom. The van der Waals surface area contributed by atoms with Gasteiger partial charge < -0.3 is 13.9 Å². The predicted octanol–water partition coefficient (Wildman–Crippen LogP) is 1.42. The van der Waals surface area contributed by atoms with Crippen LogP contribution in [0, 0.1) is 0 Å². The van der Waals surface area contributed by atoms with Gasteiger partial charge in [0.25, 0.3) is 0 Å². The van der Waals surface area contributed by atoms with Crippen molar-refractivity contribution >= 4 is 11.9 Å². The number of hydrogen-bond acceptors (Lipinski definition) is 6. The summed E-state index contributed by atoms with van der Waals surface area (Å²) in [6.07, 6.45) is 0. The summed E-state index contributed by atoms with van der Waals surface area (Å²) in [6.45, 7) is 1.57. The molecule has 0 saturated heterocycles. The number of nitrogens with one attached hydrogen (secondary N) is 1. The number of aromatic nitrogens is 2. The van der Waals surface area contributed by atoms with Crippen molar-refractivity contribution in [2.75, 3.05) is 12.1 Å². The first-order chi connectivity index (χ1) is 8.72. The van der Waals surface area contributed by atoms with E-state index < -0.39 is 0 Å². The number of ether oxygens (including phenoxy) is 2. The molecule has 0 aliphatic carbocycles. The molecule has 1 aromatic heterocycles. The number of carbonyl (C=O) groups excluding carboxylic acids is 1. The van der Waals surface area contributed by atoms with E-state index in [-0.39, 0.29) is 18.7 Å². The fourth-order valence-corrected chi connectivity index (χ4v) is 1.57. The Hall–Kier alpha value is -2.57. The van der Waals surface area contributed by atoms with Crippen LogP contribution in [-0.4, -0.2) is 22.9 Å².